The Kier molecular flexibility index (Phi) is 4.67. The van der Waals surface area contributed by atoms with Crippen LogP contribution >= 0.6 is 22.6 Å². The number of aliphatic imine (C=N–C) groups is 1. The van der Waals surface area contributed by atoms with Gasteiger partial charge in [-0.2, -0.15) is 0 Å². The van der Waals surface area contributed by atoms with Crippen molar-refractivity contribution in [3.05, 3.63) is 21.8 Å². The van der Waals surface area contributed by atoms with Crippen LogP contribution in [0.5, 0.6) is 0 Å². The summed E-state index contributed by atoms with van der Waals surface area (Å²) in [7, 11) is -3.50. The zero-order chi connectivity index (χ0) is 13.9. The van der Waals surface area contributed by atoms with Crippen LogP contribution in [-0.2, 0) is 10.0 Å². The van der Waals surface area contributed by atoms with E-state index in [-0.39, 0.29) is 4.90 Å². The van der Waals surface area contributed by atoms with E-state index in [9.17, 15) is 8.42 Å². The molecule has 19 heavy (non-hydrogen) atoms. The van der Waals surface area contributed by atoms with Gasteiger partial charge >= 0.3 is 0 Å². The molecular formula is C12H16IN3O2S. The van der Waals surface area contributed by atoms with Gasteiger partial charge in [0.2, 0.25) is 5.96 Å². The highest BCUT2D eigenvalue weighted by Crippen LogP contribution is 2.26. The number of nitrogens with zero attached hydrogens (tertiary/aromatic N) is 1. The predicted octanol–water partition coefficient (Wildman–Crippen LogP) is 2.54. The van der Waals surface area contributed by atoms with Crippen LogP contribution in [0.15, 0.2) is 28.1 Å². The van der Waals surface area contributed by atoms with Crippen LogP contribution in [0.1, 0.15) is 26.2 Å². The normalized spacial score (nSPS) is 18.5. The second-order valence-corrected chi connectivity index (χ2v) is 7.20. The lowest BCUT2D eigenvalue weighted by atomic mass is 10.2. The van der Waals surface area contributed by atoms with Crippen LogP contribution in [0.25, 0.3) is 0 Å². The minimum atomic E-state index is -3.50. The summed E-state index contributed by atoms with van der Waals surface area (Å²) in [5.74, 6) is 0.310. The summed E-state index contributed by atoms with van der Waals surface area (Å²) in [4.78, 5) is 4.52. The van der Waals surface area contributed by atoms with Gasteiger partial charge in [-0.1, -0.05) is 19.8 Å². The van der Waals surface area contributed by atoms with E-state index < -0.39 is 10.0 Å². The standard InChI is InChI=1S/C12H16IN3O2S/c1-2-3-4-7-14-12-15-10-6-5-9(13)8-11(10)19(17,18)16-12/h5-6,8H,2-4,7H2,1H3,(H2,14,15,16). The molecule has 0 fully saturated rings. The molecule has 0 amide bonds. The number of rotatable bonds is 4. The highest BCUT2D eigenvalue weighted by atomic mass is 127. The van der Waals surface area contributed by atoms with Gasteiger partial charge in [-0.3, -0.25) is 4.99 Å². The van der Waals surface area contributed by atoms with Gasteiger partial charge in [0.25, 0.3) is 10.0 Å². The second-order valence-electron chi connectivity index (χ2n) is 4.31. The second kappa shape index (κ2) is 6.08. The Labute approximate surface area is 127 Å². The number of hydrogen-bond donors (Lipinski definition) is 2. The van der Waals surface area contributed by atoms with E-state index in [0.717, 1.165) is 22.8 Å². The maximum absolute atomic E-state index is 12.1. The summed E-state index contributed by atoms with van der Waals surface area (Å²) in [6, 6.07) is 5.26. The van der Waals surface area contributed by atoms with E-state index >= 15 is 0 Å². The van der Waals surface area contributed by atoms with Crippen LogP contribution in [-0.4, -0.2) is 20.9 Å². The van der Waals surface area contributed by atoms with E-state index in [1.807, 2.05) is 6.07 Å². The molecule has 0 aromatic heterocycles. The van der Waals surface area contributed by atoms with Gasteiger partial charge in [-0.15, -0.1) is 0 Å². The molecule has 0 unspecified atom stereocenters. The van der Waals surface area contributed by atoms with Gasteiger partial charge < -0.3 is 5.32 Å². The van der Waals surface area contributed by atoms with Gasteiger partial charge in [0.05, 0.1) is 5.69 Å². The summed E-state index contributed by atoms with van der Waals surface area (Å²) in [6.07, 6.45) is 3.17. The predicted molar refractivity (Wildman–Crippen MR) is 84.9 cm³/mol. The Hall–Kier alpha value is -0.830. The van der Waals surface area contributed by atoms with Crippen molar-refractivity contribution in [2.75, 3.05) is 11.9 Å². The van der Waals surface area contributed by atoms with Gasteiger partial charge in [0.15, 0.2) is 0 Å². The first kappa shape index (κ1) is 14.6. The first-order chi connectivity index (χ1) is 9.03. The Morgan fingerprint density at radius 3 is 2.84 bits per heavy atom. The molecule has 0 spiro atoms. The maximum atomic E-state index is 12.1. The third-order valence-corrected chi connectivity index (χ3v) is 4.80. The molecule has 0 radical (unpaired) electrons. The zero-order valence-electron chi connectivity index (χ0n) is 10.6. The summed E-state index contributed by atoms with van der Waals surface area (Å²) in [5.41, 5.74) is 0.577. The molecule has 1 aromatic carbocycles. The van der Waals surface area contributed by atoms with Crippen LogP contribution in [0.4, 0.5) is 5.69 Å². The quantitative estimate of drug-likeness (QED) is 0.610. The molecule has 1 aliphatic heterocycles. The number of benzene rings is 1. The van der Waals surface area contributed by atoms with E-state index in [2.05, 4.69) is 44.5 Å². The SMILES string of the molecule is CCCCCN=C1Nc2ccc(I)cc2S(=O)(=O)N1. The molecule has 5 nitrogen and oxygen atoms in total. The number of sulfonamides is 1. The smallest absolute Gasteiger partial charge is 0.266 e. The lowest BCUT2D eigenvalue weighted by Gasteiger charge is -2.21. The number of hydrogen-bond acceptors (Lipinski definition) is 3. The fraction of sp³-hybridized carbons (Fsp3) is 0.417. The van der Waals surface area contributed by atoms with Crippen LogP contribution in [0, 0.1) is 3.57 Å². The minimum Gasteiger partial charge on any atom is -0.324 e. The highest BCUT2D eigenvalue weighted by Gasteiger charge is 2.26. The molecule has 7 heteroatoms. The van der Waals surface area contributed by atoms with Crippen LogP contribution < -0.4 is 10.0 Å². The molecule has 1 heterocycles. The molecule has 1 aliphatic rings. The molecule has 0 bridgehead atoms. The van der Waals surface area contributed by atoms with Gasteiger partial charge in [0.1, 0.15) is 4.90 Å². The molecule has 1 aromatic rings. The Balaban J connectivity index is 2.21. The topological polar surface area (TPSA) is 70.6 Å². The van der Waals surface area contributed by atoms with Crippen molar-refractivity contribution >= 4 is 44.3 Å². The lowest BCUT2D eigenvalue weighted by molar-refractivity contribution is 0.591. The Morgan fingerprint density at radius 2 is 2.11 bits per heavy atom. The van der Waals surface area contributed by atoms with Gasteiger partial charge in [-0.05, 0) is 47.2 Å². The van der Waals surface area contributed by atoms with Crippen molar-refractivity contribution in [1.29, 1.82) is 0 Å². The maximum Gasteiger partial charge on any atom is 0.266 e. The third kappa shape index (κ3) is 3.59. The van der Waals surface area contributed by atoms with E-state index in [4.69, 9.17) is 0 Å². The minimum absolute atomic E-state index is 0.270. The summed E-state index contributed by atoms with van der Waals surface area (Å²) >= 11 is 2.09. The van der Waals surface area contributed by atoms with Crippen molar-refractivity contribution in [1.82, 2.24) is 4.72 Å². The first-order valence-corrected chi connectivity index (χ1v) is 8.73. The molecule has 0 atom stereocenters. The average molecular weight is 393 g/mol. The van der Waals surface area contributed by atoms with Crippen molar-refractivity contribution < 1.29 is 8.42 Å². The summed E-state index contributed by atoms with van der Waals surface area (Å²) in [5, 5.41) is 3.01. The van der Waals surface area contributed by atoms with Crippen molar-refractivity contribution in [3.8, 4) is 0 Å². The lowest BCUT2D eigenvalue weighted by Crippen LogP contribution is -2.40. The molecule has 0 saturated carbocycles. The fourth-order valence-corrected chi connectivity index (χ4v) is 3.65. The summed E-state index contributed by atoms with van der Waals surface area (Å²) < 4.78 is 27.5. The Bertz CT molecular complexity index is 599. The van der Waals surface area contributed by atoms with Gasteiger partial charge in [-0.25, -0.2) is 13.1 Å². The van der Waals surface area contributed by atoms with Crippen LogP contribution in [0.2, 0.25) is 0 Å². The number of nitrogens with one attached hydrogen (secondary N) is 2. The molecular weight excluding hydrogens is 377 g/mol. The number of halogens is 1. The van der Waals surface area contributed by atoms with E-state index in [0.29, 0.717) is 18.2 Å². The fourth-order valence-electron chi connectivity index (χ4n) is 1.78. The van der Waals surface area contributed by atoms with Crippen molar-refractivity contribution in [3.63, 3.8) is 0 Å². The number of fused-ring (bicyclic) bond motifs is 1. The van der Waals surface area contributed by atoms with E-state index in [1.165, 1.54) is 0 Å². The van der Waals surface area contributed by atoms with Crippen molar-refractivity contribution in [2.24, 2.45) is 4.99 Å². The molecule has 0 saturated heterocycles. The molecule has 2 N–H and O–H groups in total. The number of anilines is 1. The number of guanidine groups is 1. The molecule has 104 valence electrons. The van der Waals surface area contributed by atoms with Crippen LogP contribution in [0.3, 0.4) is 0 Å². The summed E-state index contributed by atoms with van der Waals surface area (Å²) in [6.45, 7) is 2.74. The zero-order valence-corrected chi connectivity index (χ0v) is 13.6. The molecule has 2 rings (SSSR count). The van der Waals surface area contributed by atoms with Gasteiger partial charge in [0, 0.05) is 10.1 Å². The average Bonchev–Trinajstić information content (AvgIpc) is 2.35. The third-order valence-electron chi connectivity index (χ3n) is 2.75. The first-order valence-electron chi connectivity index (χ1n) is 6.17. The van der Waals surface area contributed by atoms with E-state index in [1.54, 1.807) is 12.1 Å². The number of unbranched alkanes of at least 4 members (excludes halogenated alkanes) is 2. The van der Waals surface area contributed by atoms with Crippen molar-refractivity contribution in [2.45, 2.75) is 31.1 Å². The molecule has 0 aliphatic carbocycles. The largest absolute Gasteiger partial charge is 0.324 e. The monoisotopic (exact) mass is 393 g/mol. The highest BCUT2D eigenvalue weighted by molar-refractivity contribution is 14.1. The Morgan fingerprint density at radius 1 is 1.32 bits per heavy atom.